The topological polar surface area (TPSA) is 62.2 Å². The standard InChI is InChI=1S/C15H23NO.C8H8O2S.C6H6O.C2H6/c1-3-14-9-10-16(13(14)2)11-12-17-15-7-5-4-6-8-15;9-6-1-2-7-8(5-6)11-4-3-10-7;7-6-4-2-1-3-5-6;1-2/h4-8,13-14H,3,9-12H2,1-2H3;1-2,5,9H,3-4H2;1-5,7H;1-2H3. The lowest BCUT2D eigenvalue weighted by Gasteiger charge is -2.23. The summed E-state index contributed by atoms with van der Waals surface area (Å²) in [6, 6.07) is 24.7. The number of ether oxygens (including phenoxy) is 2. The van der Waals surface area contributed by atoms with Crippen LogP contribution in [0.25, 0.3) is 0 Å². The Morgan fingerprint density at radius 2 is 1.62 bits per heavy atom. The summed E-state index contributed by atoms with van der Waals surface area (Å²) >= 11 is 1.72. The molecule has 5 nitrogen and oxygen atoms in total. The highest BCUT2D eigenvalue weighted by Crippen LogP contribution is 2.35. The number of fused-ring (bicyclic) bond motifs is 1. The van der Waals surface area contributed by atoms with Crippen molar-refractivity contribution in [1.82, 2.24) is 4.90 Å². The summed E-state index contributed by atoms with van der Waals surface area (Å²) in [5, 5.41) is 17.8. The monoisotopic (exact) mass is 525 g/mol. The molecule has 0 saturated carbocycles. The molecule has 37 heavy (non-hydrogen) atoms. The van der Waals surface area contributed by atoms with Crippen LogP contribution in [0.5, 0.6) is 23.0 Å². The molecular weight excluding hydrogens is 482 g/mol. The molecule has 2 aliphatic rings. The van der Waals surface area contributed by atoms with Crippen LogP contribution < -0.4 is 9.47 Å². The molecule has 2 N–H and O–H groups in total. The van der Waals surface area contributed by atoms with Crippen LogP contribution in [0.2, 0.25) is 0 Å². The molecular formula is C31H43NO4S. The lowest BCUT2D eigenvalue weighted by Crippen LogP contribution is -2.33. The Bertz CT molecular complexity index is 987. The van der Waals surface area contributed by atoms with Crippen molar-refractivity contribution in [2.75, 3.05) is 32.1 Å². The Morgan fingerprint density at radius 3 is 2.22 bits per heavy atom. The zero-order valence-corrected chi connectivity index (χ0v) is 23.5. The van der Waals surface area contributed by atoms with E-state index in [-0.39, 0.29) is 0 Å². The van der Waals surface area contributed by atoms with Gasteiger partial charge in [0.1, 0.15) is 29.6 Å². The van der Waals surface area contributed by atoms with Crippen molar-refractivity contribution in [3.05, 3.63) is 78.9 Å². The number of phenols is 2. The van der Waals surface area contributed by atoms with Crippen molar-refractivity contribution in [3.63, 3.8) is 0 Å². The smallest absolute Gasteiger partial charge is 0.133 e. The molecule has 6 heteroatoms. The maximum absolute atomic E-state index is 9.12. The zero-order valence-electron chi connectivity index (χ0n) is 22.7. The molecule has 3 aromatic carbocycles. The number of hydrogen-bond acceptors (Lipinski definition) is 6. The predicted octanol–water partition coefficient (Wildman–Crippen LogP) is 7.48. The van der Waals surface area contributed by atoms with Crippen LogP contribution in [0.3, 0.4) is 0 Å². The van der Waals surface area contributed by atoms with Crippen LogP contribution in [-0.4, -0.2) is 53.2 Å². The number of likely N-dealkylation sites (tertiary alicyclic amines) is 1. The van der Waals surface area contributed by atoms with Crippen molar-refractivity contribution < 1.29 is 19.7 Å². The molecule has 1 saturated heterocycles. The number of phenolic OH excluding ortho intramolecular Hbond substituents is 2. The minimum absolute atomic E-state index is 0.307. The second kappa shape index (κ2) is 17.6. The Kier molecular flexibility index (Phi) is 14.5. The zero-order chi connectivity index (χ0) is 26.9. The fourth-order valence-electron chi connectivity index (χ4n) is 4.19. The van der Waals surface area contributed by atoms with Gasteiger partial charge >= 0.3 is 0 Å². The molecule has 1 fully saturated rings. The Hall–Kier alpha value is -2.83. The van der Waals surface area contributed by atoms with E-state index < -0.39 is 0 Å². The maximum atomic E-state index is 9.12. The molecule has 2 unspecified atom stereocenters. The molecule has 0 aromatic heterocycles. The summed E-state index contributed by atoms with van der Waals surface area (Å²) in [5.41, 5.74) is 0. The second-order valence-corrected chi connectivity index (χ2v) is 9.70. The van der Waals surface area contributed by atoms with Crippen LogP contribution in [0.15, 0.2) is 83.8 Å². The fourth-order valence-corrected chi connectivity index (χ4v) is 5.05. The van der Waals surface area contributed by atoms with E-state index in [1.165, 1.54) is 19.4 Å². The minimum Gasteiger partial charge on any atom is -0.508 e. The van der Waals surface area contributed by atoms with Crippen molar-refractivity contribution in [1.29, 1.82) is 0 Å². The quantitative estimate of drug-likeness (QED) is 0.360. The first-order chi connectivity index (χ1) is 18.1. The van der Waals surface area contributed by atoms with Gasteiger partial charge in [0.2, 0.25) is 0 Å². The molecule has 2 atom stereocenters. The average Bonchev–Trinajstić information content (AvgIpc) is 3.30. The molecule has 0 bridgehead atoms. The van der Waals surface area contributed by atoms with Gasteiger partial charge in [0.25, 0.3) is 0 Å². The normalized spacial score (nSPS) is 17.8. The number of aromatic hydroxyl groups is 2. The first-order valence-electron chi connectivity index (χ1n) is 13.3. The van der Waals surface area contributed by atoms with E-state index in [1.807, 2.05) is 50.2 Å². The molecule has 0 spiro atoms. The van der Waals surface area contributed by atoms with Gasteiger partial charge in [0, 0.05) is 18.3 Å². The Morgan fingerprint density at radius 1 is 0.946 bits per heavy atom. The Labute approximate surface area is 227 Å². The largest absolute Gasteiger partial charge is 0.508 e. The highest BCUT2D eigenvalue weighted by Gasteiger charge is 2.28. The lowest BCUT2D eigenvalue weighted by atomic mass is 9.99. The second-order valence-electron chi connectivity index (χ2n) is 8.56. The molecule has 5 rings (SSSR count). The van der Waals surface area contributed by atoms with Crippen molar-refractivity contribution >= 4 is 11.8 Å². The number of nitrogens with zero attached hydrogens (tertiary/aromatic N) is 1. The predicted molar refractivity (Wildman–Crippen MR) is 155 cm³/mol. The van der Waals surface area contributed by atoms with Crippen molar-refractivity contribution in [2.45, 2.75) is 51.5 Å². The number of thioether (sulfide) groups is 1. The lowest BCUT2D eigenvalue weighted by molar-refractivity contribution is 0.190. The molecule has 0 amide bonds. The van der Waals surface area contributed by atoms with E-state index in [4.69, 9.17) is 19.7 Å². The van der Waals surface area contributed by atoms with E-state index >= 15 is 0 Å². The summed E-state index contributed by atoms with van der Waals surface area (Å²) < 4.78 is 11.1. The van der Waals surface area contributed by atoms with Gasteiger partial charge in [-0.1, -0.05) is 63.6 Å². The van der Waals surface area contributed by atoms with Crippen molar-refractivity contribution in [3.8, 4) is 23.0 Å². The number of rotatable bonds is 5. The van der Waals surface area contributed by atoms with Gasteiger partial charge in [-0.05, 0) is 68.3 Å². The summed E-state index contributed by atoms with van der Waals surface area (Å²) in [6.45, 7) is 12.5. The van der Waals surface area contributed by atoms with Gasteiger partial charge in [-0.15, -0.1) is 11.8 Å². The van der Waals surface area contributed by atoms with Crippen LogP contribution in [0.4, 0.5) is 0 Å². The van der Waals surface area contributed by atoms with Crippen LogP contribution in [0, 0.1) is 5.92 Å². The molecule has 0 radical (unpaired) electrons. The Balaban J connectivity index is 0.000000206. The molecule has 2 heterocycles. The van der Waals surface area contributed by atoms with E-state index in [2.05, 4.69) is 18.7 Å². The highest BCUT2D eigenvalue weighted by molar-refractivity contribution is 7.99. The van der Waals surface area contributed by atoms with Crippen molar-refractivity contribution in [2.24, 2.45) is 5.92 Å². The van der Waals surface area contributed by atoms with E-state index in [0.717, 1.165) is 53.9 Å². The van der Waals surface area contributed by atoms with Crippen LogP contribution in [-0.2, 0) is 0 Å². The number of benzene rings is 3. The van der Waals surface area contributed by atoms with Crippen LogP contribution in [0.1, 0.15) is 40.5 Å². The van der Waals surface area contributed by atoms with Gasteiger partial charge in [0.15, 0.2) is 0 Å². The van der Waals surface area contributed by atoms with Gasteiger partial charge in [-0.3, -0.25) is 4.90 Å². The molecule has 2 aliphatic heterocycles. The SMILES string of the molecule is CC.CCC1CCN(CCOc2ccccc2)C1C.Oc1ccc2c(c1)SCCO2.Oc1ccccc1. The first-order valence-corrected chi connectivity index (χ1v) is 14.3. The van der Waals surface area contributed by atoms with Gasteiger partial charge in [-0.2, -0.15) is 0 Å². The summed E-state index contributed by atoms with van der Waals surface area (Å²) in [4.78, 5) is 3.59. The van der Waals surface area contributed by atoms with E-state index in [0.29, 0.717) is 11.5 Å². The third-order valence-electron chi connectivity index (χ3n) is 6.24. The highest BCUT2D eigenvalue weighted by atomic mass is 32.2. The fraction of sp³-hybridized carbons (Fsp3) is 0.419. The molecule has 3 aromatic rings. The molecule has 0 aliphatic carbocycles. The summed E-state index contributed by atoms with van der Waals surface area (Å²) in [6.07, 6.45) is 2.65. The van der Waals surface area contributed by atoms with Gasteiger partial charge < -0.3 is 19.7 Å². The minimum atomic E-state index is 0.307. The molecule has 202 valence electrons. The maximum Gasteiger partial charge on any atom is 0.133 e. The third kappa shape index (κ3) is 11.0. The summed E-state index contributed by atoms with van der Waals surface area (Å²) in [7, 11) is 0. The number of hydrogen-bond donors (Lipinski definition) is 2. The van der Waals surface area contributed by atoms with E-state index in [1.54, 1.807) is 54.2 Å². The van der Waals surface area contributed by atoms with Gasteiger partial charge in [-0.25, -0.2) is 0 Å². The van der Waals surface area contributed by atoms with E-state index in [9.17, 15) is 0 Å². The third-order valence-corrected chi connectivity index (χ3v) is 7.24. The van der Waals surface area contributed by atoms with Gasteiger partial charge in [0.05, 0.1) is 11.5 Å². The summed E-state index contributed by atoms with van der Waals surface area (Å²) in [5.74, 6) is 4.35. The average molecular weight is 526 g/mol. The number of para-hydroxylation sites is 2. The first kappa shape index (κ1) is 30.4. The van der Waals surface area contributed by atoms with Crippen LogP contribution >= 0.6 is 11.8 Å².